The molecule has 1 aliphatic heterocycles. The Morgan fingerprint density at radius 3 is 2.55 bits per heavy atom. The second-order valence-electron chi connectivity index (χ2n) is 5.53. The van der Waals surface area contributed by atoms with Gasteiger partial charge in [0.15, 0.2) is 0 Å². The summed E-state index contributed by atoms with van der Waals surface area (Å²) in [4.78, 5) is 4.84. The van der Waals surface area contributed by atoms with E-state index in [9.17, 15) is 5.11 Å². The summed E-state index contributed by atoms with van der Waals surface area (Å²) in [6.07, 6.45) is 0.785. The Bertz CT molecular complexity index is 372. The molecule has 4 heteroatoms. The van der Waals surface area contributed by atoms with Crippen molar-refractivity contribution in [1.29, 1.82) is 0 Å². The number of ether oxygens (including phenoxy) is 1. The van der Waals surface area contributed by atoms with Crippen LogP contribution in [0.25, 0.3) is 0 Å². The van der Waals surface area contributed by atoms with Gasteiger partial charge < -0.3 is 9.84 Å². The van der Waals surface area contributed by atoms with Crippen LogP contribution in [0, 0.1) is 0 Å². The molecular formula is C16H26N2O2. The molecule has 1 aromatic carbocycles. The second kappa shape index (κ2) is 8.37. The number of aliphatic hydroxyl groups is 1. The van der Waals surface area contributed by atoms with Crippen LogP contribution >= 0.6 is 0 Å². The molecule has 4 nitrogen and oxygen atoms in total. The van der Waals surface area contributed by atoms with E-state index in [0.29, 0.717) is 13.2 Å². The Morgan fingerprint density at radius 2 is 1.80 bits per heavy atom. The largest absolute Gasteiger partial charge is 0.389 e. The van der Waals surface area contributed by atoms with Crippen molar-refractivity contribution in [2.75, 3.05) is 46.4 Å². The molecule has 2 rings (SSSR count). The van der Waals surface area contributed by atoms with E-state index in [-0.39, 0.29) is 6.10 Å². The van der Waals surface area contributed by atoms with E-state index in [1.165, 1.54) is 5.56 Å². The molecule has 0 spiro atoms. The zero-order chi connectivity index (χ0) is 14.2. The molecular weight excluding hydrogens is 252 g/mol. The van der Waals surface area contributed by atoms with Gasteiger partial charge in [0.25, 0.3) is 0 Å². The highest BCUT2D eigenvalue weighted by Gasteiger charge is 2.17. The van der Waals surface area contributed by atoms with Crippen molar-refractivity contribution < 1.29 is 9.84 Å². The van der Waals surface area contributed by atoms with E-state index in [4.69, 9.17) is 4.74 Å². The van der Waals surface area contributed by atoms with Gasteiger partial charge in [0.1, 0.15) is 0 Å². The number of β-amino-alcohol motifs (C(OH)–C–C–N with tert-alkyl or cyclic N) is 1. The van der Waals surface area contributed by atoms with Gasteiger partial charge in [-0.25, -0.2) is 0 Å². The average molecular weight is 278 g/mol. The third-order valence-electron chi connectivity index (χ3n) is 3.76. The maximum Gasteiger partial charge on any atom is 0.0900 e. The molecule has 0 saturated carbocycles. The van der Waals surface area contributed by atoms with E-state index in [0.717, 1.165) is 39.1 Å². The van der Waals surface area contributed by atoms with Crippen LogP contribution < -0.4 is 0 Å². The Hall–Kier alpha value is -0.940. The molecule has 1 aliphatic rings. The molecule has 1 fully saturated rings. The number of hydrogen-bond acceptors (Lipinski definition) is 4. The van der Waals surface area contributed by atoms with Crippen LogP contribution in [-0.4, -0.2) is 67.5 Å². The lowest BCUT2D eigenvalue weighted by atomic mass is 10.2. The lowest BCUT2D eigenvalue weighted by Crippen LogP contribution is -2.37. The molecule has 1 atom stereocenters. The van der Waals surface area contributed by atoms with Gasteiger partial charge in [0.05, 0.1) is 12.7 Å². The third-order valence-corrected chi connectivity index (χ3v) is 3.76. The first-order valence-electron chi connectivity index (χ1n) is 7.43. The van der Waals surface area contributed by atoms with Crippen molar-refractivity contribution in [1.82, 2.24) is 9.80 Å². The fourth-order valence-electron chi connectivity index (χ4n) is 2.75. The zero-order valence-corrected chi connectivity index (χ0v) is 12.4. The van der Waals surface area contributed by atoms with Crippen molar-refractivity contribution in [3.63, 3.8) is 0 Å². The summed E-state index contributed by atoms with van der Waals surface area (Å²) in [6.45, 7) is 6.44. The van der Waals surface area contributed by atoms with E-state index < -0.39 is 0 Å². The number of hydrogen-bond donors (Lipinski definition) is 1. The van der Waals surface area contributed by atoms with Crippen molar-refractivity contribution in [2.45, 2.75) is 19.1 Å². The smallest absolute Gasteiger partial charge is 0.0900 e. The monoisotopic (exact) mass is 278 g/mol. The zero-order valence-electron chi connectivity index (χ0n) is 12.4. The van der Waals surface area contributed by atoms with E-state index in [2.05, 4.69) is 40.1 Å². The number of nitrogens with zero attached hydrogens (tertiary/aromatic N) is 2. The van der Waals surface area contributed by atoms with Crippen LogP contribution in [0.1, 0.15) is 12.0 Å². The lowest BCUT2D eigenvalue weighted by molar-refractivity contribution is 0.0385. The van der Waals surface area contributed by atoms with Crippen LogP contribution in [0.15, 0.2) is 30.3 Å². The maximum atomic E-state index is 9.81. The van der Waals surface area contributed by atoms with Gasteiger partial charge in [-0.3, -0.25) is 9.80 Å². The van der Waals surface area contributed by atoms with Gasteiger partial charge in [-0.05, 0) is 25.1 Å². The van der Waals surface area contributed by atoms with Crippen molar-refractivity contribution in [2.24, 2.45) is 0 Å². The van der Waals surface area contributed by atoms with Crippen LogP contribution in [0.3, 0.4) is 0 Å². The van der Waals surface area contributed by atoms with Gasteiger partial charge >= 0.3 is 0 Å². The maximum absolute atomic E-state index is 9.81. The highest BCUT2D eigenvalue weighted by atomic mass is 16.5. The fourth-order valence-corrected chi connectivity index (χ4v) is 2.75. The van der Waals surface area contributed by atoms with Crippen LogP contribution in [0.5, 0.6) is 0 Å². The predicted molar refractivity (Wildman–Crippen MR) is 80.7 cm³/mol. The van der Waals surface area contributed by atoms with Gasteiger partial charge in [0.2, 0.25) is 0 Å². The number of rotatable bonds is 6. The summed E-state index contributed by atoms with van der Waals surface area (Å²) in [5.74, 6) is 0. The van der Waals surface area contributed by atoms with E-state index in [1.54, 1.807) is 7.11 Å². The highest BCUT2D eigenvalue weighted by molar-refractivity contribution is 5.14. The van der Waals surface area contributed by atoms with Crippen LogP contribution in [-0.2, 0) is 11.3 Å². The molecule has 1 aromatic rings. The Balaban J connectivity index is 1.77. The van der Waals surface area contributed by atoms with Crippen molar-refractivity contribution in [3.05, 3.63) is 35.9 Å². The van der Waals surface area contributed by atoms with Crippen LogP contribution in [0.4, 0.5) is 0 Å². The third kappa shape index (κ3) is 5.21. The van der Waals surface area contributed by atoms with Gasteiger partial charge in [0, 0.05) is 33.3 Å². The summed E-state index contributed by atoms with van der Waals surface area (Å²) in [5, 5.41) is 9.81. The number of aliphatic hydroxyl groups excluding tert-OH is 1. The minimum atomic E-state index is -0.374. The normalized spacial score (nSPS) is 19.7. The number of benzene rings is 1. The SMILES string of the molecule is COCC(O)CN1CCCN(Cc2ccccc2)CC1. The summed E-state index contributed by atoms with van der Waals surface area (Å²) >= 11 is 0. The first-order chi connectivity index (χ1) is 9.78. The molecule has 1 unspecified atom stereocenters. The van der Waals surface area contributed by atoms with Gasteiger partial charge in [-0.15, -0.1) is 0 Å². The molecule has 0 aliphatic carbocycles. The van der Waals surface area contributed by atoms with Crippen molar-refractivity contribution in [3.8, 4) is 0 Å². The van der Waals surface area contributed by atoms with Crippen molar-refractivity contribution >= 4 is 0 Å². The van der Waals surface area contributed by atoms with E-state index in [1.807, 2.05) is 0 Å². The molecule has 1 N–H and O–H groups in total. The molecule has 0 radical (unpaired) electrons. The number of methoxy groups -OCH3 is 1. The predicted octanol–water partition coefficient (Wildman–Crippen LogP) is 1.20. The molecule has 0 bridgehead atoms. The fraction of sp³-hybridized carbons (Fsp3) is 0.625. The summed E-state index contributed by atoms with van der Waals surface area (Å²) in [7, 11) is 1.63. The lowest BCUT2D eigenvalue weighted by Gasteiger charge is -2.23. The standard InChI is InChI=1S/C16H26N2O2/c1-20-14-16(19)13-18-9-5-8-17(10-11-18)12-15-6-3-2-4-7-15/h2-4,6-7,16,19H,5,8-14H2,1H3. The summed E-state index contributed by atoms with van der Waals surface area (Å²) < 4.78 is 4.99. The van der Waals surface area contributed by atoms with E-state index >= 15 is 0 Å². The molecule has 1 saturated heterocycles. The topological polar surface area (TPSA) is 35.9 Å². The second-order valence-corrected chi connectivity index (χ2v) is 5.53. The Kier molecular flexibility index (Phi) is 6.47. The molecule has 1 heterocycles. The molecule has 0 amide bonds. The first kappa shape index (κ1) is 15.4. The van der Waals surface area contributed by atoms with Gasteiger partial charge in [-0.2, -0.15) is 0 Å². The molecule has 0 aromatic heterocycles. The quantitative estimate of drug-likeness (QED) is 0.848. The summed E-state index contributed by atoms with van der Waals surface area (Å²) in [5.41, 5.74) is 1.38. The van der Waals surface area contributed by atoms with Gasteiger partial charge in [-0.1, -0.05) is 30.3 Å². The average Bonchev–Trinajstić information content (AvgIpc) is 2.66. The minimum absolute atomic E-state index is 0.374. The Labute approximate surface area is 122 Å². The highest BCUT2D eigenvalue weighted by Crippen LogP contribution is 2.09. The molecule has 112 valence electrons. The summed E-state index contributed by atoms with van der Waals surface area (Å²) in [6, 6.07) is 10.6. The minimum Gasteiger partial charge on any atom is -0.389 e. The van der Waals surface area contributed by atoms with Crippen LogP contribution in [0.2, 0.25) is 0 Å². The first-order valence-corrected chi connectivity index (χ1v) is 7.43. The molecule has 20 heavy (non-hydrogen) atoms. The Morgan fingerprint density at radius 1 is 1.10 bits per heavy atom.